The van der Waals surface area contributed by atoms with E-state index in [-0.39, 0.29) is 0 Å². The maximum Gasteiger partial charge on any atom is 0.422 e. The van der Waals surface area contributed by atoms with Gasteiger partial charge >= 0.3 is 11.9 Å². The van der Waals surface area contributed by atoms with Crippen molar-refractivity contribution in [3.05, 3.63) is 48.5 Å². The number of aryl methyl sites for hydroxylation is 2. The molecule has 0 amide bonds. The van der Waals surface area contributed by atoms with Gasteiger partial charge in [-0.2, -0.15) is 0 Å². The minimum Gasteiger partial charge on any atom is -0.480 e. The number of benzene rings is 2. The highest BCUT2D eigenvalue weighted by atomic mass is 16.4. The molecule has 1 saturated heterocycles. The molecule has 0 spiro atoms. The molecule has 0 saturated carbocycles. The summed E-state index contributed by atoms with van der Waals surface area (Å²) < 4.78 is 3.96. The zero-order chi connectivity index (χ0) is 19.8. The van der Waals surface area contributed by atoms with Crippen LogP contribution in [0.25, 0.3) is 11.0 Å². The van der Waals surface area contributed by atoms with E-state index in [0.717, 1.165) is 22.7 Å². The summed E-state index contributed by atoms with van der Waals surface area (Å²) in [6.45, 7) is 0.505. The Morgan fingerprint density at radius 3 is 2.54 bits per heavy atom. The highest BCUT2D eigenvalue weighted by Gasteiger charge is 2.38. The molecule has 144 valence electrons. The normalized spacial score (nSPS) is 19.8. The molecular formula is C20H22N5O3+. The molecule has 1 aliphatic rings. The summed E-state index contributed by atoms with van der Waals surface area (Å²) in [4.78, 5) is 13.1. The average Bonchev–Trinajstić information content (AvgIpc) is 3.20. The molecule has 2 aromatic carbocycles. The molecule has 1 aliphatic heterocycles. The summed E-state index contributed by atoms with van der Waals surface area (Å²) in [7, 11) is 3.90. The van der Waals surface area contributed by atoms with Crippen LogP contribution in [-0.2, 0) is 18.9 Å². The lowest BCUT2D eigenvalue weighted by Gasteiger charge is -2.24. The van der Waals surface area contributed by atoms with Crippen LogP contribution in [0.3, 0.4) is 0 Å². The van der Waals surface area contributed by atoms with Gasteiger partial charge in [0.1, 0.15) is 16.7 Å². The van der Waals surface area contributed by atoms with E-state index in [2.05, 4.69) is 10.2 Å². The second-order valence-electron chi connectivity index (χ2n) is 6.96. The first kappa shape index (κ1) is 18.1. The van der Waals surface area contributed by atoms with Crippen molar-refractivity contribution >= 4 is 34.3 Å². The molecule has 28 heavy (non-hydrogen) atoms. The molecule has 1 fully saturated rings. The molecule has 3 aromatic rings. The average molecular weight is 380 g/mol. The van der Waals surface area contributed by atoms with E-state index in [4.69, 9.17) is 0 Å². The number of carbonyl (C=O) groups is 1. The van der Waals surface area contributed by atoms with Gasteiger partial charge in [-0.1, -0.05) is 17.2 Å². The van der Waals surface area contributed by atoms with Gasteiger partial charge in [-0.3, -0.25) is 0 Å². The van der Waals surface area contributed by atoms with E-state index in [1.807, 2.05) is 59.6 Å². The summed E-state index contributed by atoms with van der Waals surface area (Å²) in [5, 5.41) is 28.0. The Hall–Kier alpha value is -3.26. The third-order valence-electron chi connectivity index (χ3n) is 5.26. The molecule has 0 bridgehead atoms. The zero-order valence-electron chi connectivity index (χ0n) is 15.7. The maximum absolute atomic E-state index is 11.4. The van der Waals surface area contributed by atoms with Crippen molar-refractivity contribution < 1.29 is 19.6 Å². The number of para-hydroxylation sites is 2. The Kier molecular flexibility index (Phi) is 4.56. The van der Waals surface area contributed by atoms with Gasteiger partial charge in [0.05, 0.1) is 20.2 Å². The van der Waals surface area contributed by atoms with E-state index in [9.17, 15) is 15.0 Å². The Bertz CT molecular complexity index is 1020. The van der Waals surface area contributed by atoms with Crippen LogP contribution in [0.5, 0.6) is 0 Å². The molecule has 8 heteroatoms. The van der Waals surface area contributed by atoms with Crippen molar-refractivity contribution in [2.45, 2.75) is 18.6 Å². The number of hydrogen-bond donors (Lipinski definition) is 2. The van der Waals surface area contributed by atoms with Crippen LogP contribution in [-0.4, -0.2) is 39.4 Å². The number of aromatic nitrogens is 2. The summed E-state index contributed by atoms with van der Waals surface area (Å²) in [6.07, 6.45) is -0.418. The van der Waals surface area contributed by atoms with Crippen molar-refractivity contribution in [1.82, 2.24) is 4.57 Å². The largest absolute Gasteiger partial charge is 0.480 e. The SMILES string of the molecule is Cn1c(N=Nc2ccc(N3CCC(O)C3C(=O)O)cc2)[n+](C)c2ccccc21. The Balaban J connectivity index is 1.58. The molecule has 2 heterocycles. The Morgan fingerprint density at radius 2 is 1.86 bits per heavy atom. The molecule has 2 N–H and O–H groups in total. The lowest BCUT2D eigenvalue weighted by Crippen LogP contribution is -2.41. The number of carboxylic acids is 1. The van der Waals surface area contributed by atoms with Crippen LogP contribution in [0.15, 0.2) is 58.8 Å². The van der Waals surface area contributed by atoms with Gasteiger partial charge in [0.2, 0.25) is 0 Å². The van der Waals surface area contributed by atoms with Gasteiger partial charge in [-0.25, -0.2) is 13.9 Å². The van der Waals surface area contributed by atoms with Crippen LogP contribution in [0.2, 0.25) is 0 Å². The third-order valence-corrected chi connectivity index (χ3v) is 5.26. The predicted octanol–water partition coefficient (Wildman–Crippen LogP) is 2.44. The monoisotopic (exact) mass is 380 g/mol. The quantitative estimate of drug-likeness (QED) is 0.537. The third kappa shape index (κ3) is 3.01. The molecule has 0 aliphatic carbocycles. The van der Waals surface area contributed by atoms with Crippen molar-refractivity contribution in [3.8, 4) is 0 Å². The van der Waals surface area contributed by atoms with Crippen molar-refractivity contribution in [2.24, 2.45) is 24.3 Å². The number of aliphatic hydroxyl groups is 1. The Morgan fingerprint density at radius 1 is 1.14 bits per heavy atom. The van der Waals surface area contributed by atoms with E-state index in [1.165, 1.54) is 0 Å². The minimum atomic E-state index is -1.02. The number of azo groups is 1. The van der Waals surface area contributed by atoms with Gasteiger partial charge in [0.25, 0.3) is 0 Å². The molecule has 4 rings (SSSR count). The van der Waals surface area contributed by atoms with Gasteiger partial charge in [0.15, 0.2) is 6.04 Å². The van der Waals surface area contributed by atoms with Gasteiger partial charge in [-0.05, 0) is 42.8 Å². The number of hydrogen-bond acceptors (Lipinski definition) is 5. The number of carboxylic acid groups (broad SMARTS) is 1. The summed E-state index contributed by atoms with van der Waals surface area (Å²) >= 11 is 0. The van der Waals surface area contributed by atoms with Gasteiger partial charge < -0.3 is 15.1 Å². The van der Waals surface area contributed by atoms with E-state index in [1.54, 1.807) is 17.0 Å². The standard InChI is InChI=1S/C20H21N5O3/c1-23-15-5-3-4-6-16(15)24(2)20(23)22-21-13-7-9-14(10-8-13)25-12-11-17(26)18(25)19(27)28/h3-10,17-18,26H,11-12H2,1-2H3/p+1. The molecule has 2 unspecified atom stereocenters. The van der Waals surface area contributed by atoms with Crippen LogP contribution in [0, 0.1) is 0 Å². The van der Waals surface area contributed by atoms with Crippen LogP contribution >= 0.6 is 0 Å². The molecular weight excluding hydrogens is 358 g/mol. The lowest BCUT2D eigenvalue weighted by atomic mass is 10.1. The summed E-state index contributed by atoms with van der Waals surface area (Å²) in [6, 6.07) is 14.3. The second kappa shape index (κ2) is 7.05. The van der Waals surface area contributed by atoms with E-state index < -0.39 is 18.1 Å². The van der Waals surface area contributed by atoms with Gasteiger partial charge in [-0.15, -0.1) is 0 Å². The molecule has 1 aromatic heterocycles. The fourth-order valence-electron chi connectivity index (χ4n) is 3.78. The number of nitrogens with zero attached hydrogens (tertiary/aromatic N) is 5. The molecule has 2 atom stereocenters. The van der Waals surface area contributed by atoms with Crippen LogP contribution in [0.4, 0.5) is 17.3 Å². The first-order valence-electron chi connectivity index (χ1n) is 9.10. The number of imidazole rings is 1. The minimum absolute atomic E-state index is 0.440. The first-order valence-corrected chi connectivity index (χ1v) is 9.10. The first-order chi connectivity index (χ1) is 13.5. The zero-order valence-corrected chi connectivity index (χ0v) is 15.7. The fraction of sp³-hybridized carbons (Fsp3) is 0.300. The van der Waals surface area contributed by atoms with Crippen molar-refractivity contribution in [3.63, 3.8) is 0 Å². The van der Waals surface area contributed by atoms with Gasteiger partial charge in [0, 0.05) is 17.3 Å². The highest BCUT2D eigenvalue weighted by Crippen LogP contribution is 2.28. The number of fused-ring (bicyclic) bond motifs is 1. The van der Waals surface area contributed by atoms with Crippen molar-refractivity contribution in [1.29, 1.82) is 0 Å². The summed E-state index contributed by atoms with van der Waals surface area (Å²) in [5.74, 6) is -0.295. The van der Waals surface area contributed by atoms with Crippen LogP contribution in [0.1, 0.15) is 6.42 Å². The lowest BCUT2D eigenvalue weighted by molar-refractivity contribution is -0.632. The fourth-order valence-corrected chi connectivity index (χ4v) is 3.78. The number of rotatable bonds is 4. The van der Waals surface area contributed by atoms with E-state index in [0.29, 0.717) is 18.7 Å². The predicted molar refractivity (Wildman–Crippen MR) is 104 cm³/mol. The molecule has 0 radical (unpaired) electrons. The summed E-state index contributed by atoms with van der Waals surface area (Å²) in [5.41, 5.74) is 3.56. The smallest absolute Gasteiger partial charge is 0.422 e. The maximum atomic E-state index is 11.4. The number of aliphatic hydroxyl groups excluding tert-OH is 1. The van der Waals surface area contributed by atoms with Crippen molar-refractivity contribution in [2.75, 3.05) is 11.4 Å². The van der Waals surface area contributed by atoms with E-state index >= 15 is 0 Å². The number of aliphatic carboxylic acids is 1. The van der Waals surface area contributed by atoms with Crippen LogP contribution < -0.4 is 9.47 Å². The second-order valence-corrected chi connectivity index (χ2v) is 6.96. The number of anilines is 1. The highest BCUT2D eigenvalue weighted by molar-refractivity contribution is 5.80. The Labute approximate surface area is 162 Å². The molecule has 8 nitrogen and oxygen atoms in total. The topological polar surface area (TPSA) is 94.3 Å².